The lowest BCUT2D eigenvalue weighted by molar-refractivity contribution is -0.135. The summed E-state index contributed by atoms with van der Waals surface area (Å²) in [7, 11) is 0. The van der Waals surface area contributed by atoms with Gasteiger partial charge in [0, 0.05) is 24.1 Å². The third-order valence-corrected chi connectivity index (χ3v) is 5.44. The van der Waals surface area contributed by atoms with Crippen molar-refractivity contribution >= 4 is 16.9 Å². The zero-order valence-electron chi connectivity index (χ0n) is 14.8. The van der Waals surface area contributed by atoms with Crippen molar-refractivity contribution in [2.75, 3.05) is 0 Å². The van der Waals surface area contributed by atoms with E-state index in [1.165, 1.54) is 6.07 Å². The van der Waals surface area contributed by atoms with E-state index in [1.807, 2.05) is 24.3 Å². The van der Waals surface area contributed by atoms with E-state index in [0.717, 1.165) is 29.3 Å². The molecule has 1 aromatic carbocycles. The number of carbonyl (C=O) groups is 1. The van der Waals surface area contributed by atoms with Crippen molar-refractivity contribution in [3.8, 4) is 5.75 Å². The molecule has 0 bridgehead atoms. The van der Waals surface area contributed by atoms with Crippen molar-refractivity contribution in [2.45, 2.75) is 38.6 Å². The van der Waals surface area contributed by atoms with Crippen molar-refractivity contribution in [1.82, 2.24) is 4.57 Å². The van der Waals surface area contributed by atoms with Crippen LogP contribution in [0.4, 0.5) is 0 Å². The average molecular weight is 363 g/mol. The molecule has 0 radical (unpaired) electrons. The summed E-state index contributed by atoms with van der Waals surface area (Å²) in [5.74, 6) is -0.562. The maximum atomic E-state index is 13.3. The number of hydrogen-bond acceptors (Lipinski definition) is 5. The first-order valence-electron chi connectivity index (χ1n) is 9.03. The number of para-hydroxylation sites is 1. The summed E-state index contributed by atoms with van der Waals surface area (Å²) in [6, 6.07) is 9.32. The van der Waals surface area contributed by atoms with Gasteiger partial charge in [0.05, 0.1) is 17.5 Å². The minimum absolute atomic E-state index is 0.0543. The Morgan fingerprint density at radius 1 is 1.15 bits per heavy atom. The van der Waals surface area contributed by atoms with E-state index in [-0.39, 0.29) is 23.3 Å². The zero-order chi connectivity index (χ0) is 18.7. The van der Waals surface area contributed by atoms with E-state index in [9.17, 15) is 14.4 Å². The van der Waals surface area contributed by atoms with Crippen molar-refractivity contribution in [1.29, 1.82) is 0 Å². The predicted octanol–water partition coefficient (Wildman–Crippen LogP) is 2.65. The summed E-state index contributed by atoms with van der Waals surface area (Å²) < 4.78 is 12.2. The van der Waals surface area contributed by atoms with Crippen LogP contribution in [-0.4, -0.2) is 10.5 Å². The van der Waals surface area contributed by atoms with Gasteiger partial charge in [0.15, 0.2) is 0 Å². The number of aryl methyl sites for hydroxylation is 3. The predicted molar refractivity (Wildman–Crippen MR) is 98.3 cm³/mol. The molecule has 27 heavy (non-hydrogen) atoms. The van der Waals surface area contributed by atoms with Crippen LogP contribution in [0, 0.1) is 6.92 Å². The number of ether oxygens (including phenoxy) is 1. The number of benzene rings is 1. The molecular formula is C21H17NO5. The van der Waals surface area contributed by atoms with Gasteiger partial charge in [-0.1, -0.05) is 18.2 Å². The molecule has 0 fully saturated rings. The second-order valence-corrected chi connectivity index (χ2v) is 7.17. The molecule has 4 heterocycles. The first-order chi connectivity index (χ1) is 13.0. The summed E-state index contributed by atoms with van der Waals surface area (Å²) in [6.45, 7) is 2.25. The van der Waals surface area contributed by atoms with Crippen LogP contribution in [0.25, 0.3) is 10.9 Å². The van der Waals surface area contributed by atoms with Crippen molar-refractivity contribution in [3.05, 3.63) is 73.6 Å². The molecule has 3 aromatic rings. The highest BCUT2D eigenvalue weighted by Gasteiger charge is 2.34. The van der Waals surface area contributed by atoms with Crippen LogP contribution in [0.3, 0.4) is 0 Å². The fourth-order valence-electron chi connectivity index (χ4n) is 4.33. The molecule has 0 spiro atoms. The van der Waals surface area contributed by atoms with Gasteiger partial charge in [-0.3, -0.25) is 9.59 Å². The van der Waals surface area contributed by atoms with E-state index in [0.29, 0.717) is 17.9 Å². The van der Waals surface area contributed by atoms with Crippen LogP contribution in [0.1, 0.15) is 41.2 Å². The van der Waals surface area contributed by atoms with Crippen LogP contribution in [-0.2, 0) is 17.8 Å². The Morgan fingerprint density at radius 3 is 2.85 bits per heavy atom. The van der Waals surface area contributed by atoms with Crippen molar-refractivity contribution in [2.24, 2.45) is 0 Å². The Hall–Kier alpha value is -3.15. The molecule has 5 rings (SSSR count). The van der Waals surface area contributed by atoms with Crippen LogP contribution in [0.5, 0.6) is 5.75 Å². The maximum Gasteiger partial charge on any atom is 0.343 e. The monoisotopic (exact) mass is 363 g/mol. The summed E-state index contributed by atoms with van der Waals surface area (Å²) in [4.78, 5) is 37.9. The van der Waals surface area contributed by atoms with Gasteiger partial charge in [0.2, 0.25) is 0 Å². The fraction of sp³-hybridized carbons (Fsp3) is 0.286. The number of esters is 1. The van der Waals surface area contributed by atoms with Crippen LogP contribution in [0.15, 0.2) is 44.3 Å². The normalized spacial score (nSPS) is 18.3. The standard InChI is InChI=1S/C21H17NO5/c1-11-8-16-18(21(25)26-11)14(10-17(23)27-16)15-9-13-5-2-4-12-6-3-7-22(19(12)13)20(15)24/h2,4-5,8-9,14H,3,6-7,10H2,1H3/t14-/m1/s1. The number of nitrogens with zero attached hydrogens (tertiary/aromatic N) is 1. The minimum Gasteiger partial charge on any atom is -0.428 e. The molecule has 1 atom stereocenters. The van der Waals surface area contributed by atoms with Crippen LogP contribution >= 0.6 is 0 Å². The van der Waals surface area contributed by atoms with Gasteiger partial charge in [-0.25, -0.2) is 4.79 Å². The van der Waals surface area contributed by atoms with Crippen molar-refractivity contribution < 1.29 is 13.9 Å². The Bertz CT molecular complexity index is 1230. The molecule has 0 aliphatic carbocycles. The summed E-state index contributed by atoms with van der Waals surface area (Å²) in [5, 5.41) is 0.943. The Balaban J connectivity index is 1.81. The Kier molecular flexibility index (Phi) is 3.37. The Morgan fingerprint density at radius 2 is 2.00 bits per heavy atom. The largest absolute Gasteiger partial charge is 0.428 e. The number of fused-ring (bicyclic) bond motifs is 1. The molecule has 2 aliphatic rings. The highest BCUT2D eigenvalue weighted by molar-refractivity contribution is 5.84. The first kappa shape index (κ1) is 16.1. The second-order valence-electron chi connectivity index (χ2n) is 7.17. The third-order valence-electron chi connectivity index (χ3n) is 5.44. The molecule has 0 unspecified atom stereocenters. The maximum absolute atomic E-state index is 13.3. The third kappa shape index (κ3) is 2.36. The minimum atomic E-state index is -0.663. The molecule has 136 valence electrons. The topological polar surface area (TPSA) is 78.5 Å². The molecule has 0 amide bonds. The molecule has 6 heteroatoms. The number of pyridine rings is 1. The van der Waals surface area contributed by atoms with Gasteiger partial charge in [-0.05, 0) is 36.8 Å². The van der Waals surface area contributed by atoms with Gasteiger partial charge in [-0.15, -0.1) is 0 Å². The number of carbonyl (C=O) groups excluding carboxylic acids is 1. The first-order valence-corrected chi connectivity index (χ1v) is 9.03. The number of rotatable bonds is 1. The highest BCUT2D eigenvalue weighted by atomic mass is 16.5. The van der Waals surface area contributed by atoms with Gasteiger partial charge in [-0.2, -0.15) is 0 Å². The van der Waals surface area contributed by atoms with Gasteiger partial charge in [0.1, 0.15) is 11.5 Å². The van der Waals surface area contributed by atoms with Crippen LogP contribution < -0.4 is 15.9 Å². The van der Waals surface area contributed by atoms with E-state index in [4.69, 9.17) is 9.15 Å². The molecule has 0 saturated heterocycles. The zero-order valence-corrected chi connectivity index (χ0v) is 14.8. The van der Waals surface area contributed by atoms with Gasteiger partial charge in [0.25, 0.3) is 5.56 Å². The lowest BCUT2D eigenvalue weighted by Crippen LogP contribution is -2.33. The molecule has 0 N–H and O–H groups in total. The molecule has 0 saturated carbocycles. The molecule has 2 aromatic heterocycles. The molecular weight excluding hydrogens is 346 g/mol. The molecule has 6 nitrogen and oxygen atoms in total. The lowest BCUT2D eigenvalue weighted by Gasteiger charge is -2.26. The van der Waals surface area contributed by atoms with E-state index in [2.05, 4.69) is 0 Å². The van der Waals surface area contributed by atoms with Crippen molar-refractivity contribution in [3.63, 3.8) is 0 Å². The quantitative estimate of drug-likeness (QED) is 0.621. The number of aromatic nitrogens is 1. The van der Waals surface area contributed by atoms with E-state index < -0.39 is 17.5 Å². The highest BCUT2D eigenvalue weighted by Crippen LogP contribution is 2.37. The van der Waals surface area contributed by atoms with Crippen LogP contribution in [0.2, 0.25) is 0 Å². The van der Waals surface area contributed by atoms with E-state index >= 15 is 0 Å². The SMILES string of the molecule is Cc1cc2c(c(=O)o1)[C@@H](c1cc3cccc4c3n(c1=O)CCC4)CC(=O)O2. The average Bonchev–Trinajstić information content (AvgIpc) is 2.63. The molecule has 2 aliphatic heterocycles. The van der Waals surface area contributed by atoms with E-state index in [1.54, 1.807) is 11.5 Å². The second kappa shape index (κ2) is 5.67. The summed E-state index contributed by atoms with van der Waals surface area (Å²) in [5.41, 5.74) is 2.08. The smallest absolute Gasteiger partial charge is 0.343 e. The van der Waals surface area contributed by atoms with Gasteiger partial charge < -0.3 is 13.7 Å². The summed E-state index contributed by atoms with van der Waals surface area (Å²) >= 11 is 0. The lowest BCUT2D eigenvalue weighted by atomic mass is 9.86. The Labute approximate surface area is 154 Å². The number of hydrogen-bond donors (Lipinski definition) is 0. The van der Waals surface area contributed by atoms with Gasteiger partial charge >= 0.3 is 11.6 Å². The fourth-order valence-corrected chi connectivity index (χ4v) is 4.33. The summed E-state index contributed by atoms with van der Waals surface area (Å²) in [6.07, 6.45) is 1.78.